The first kappa shape index (κ1) is 21.7. The van der Waals surface area contributed by atoms with Crippen molar-refractivity contribution in [2.24, 2.45) is 11.8 Å². The molecule has 5 rings (SSSR count). The summed E-state index contributed by atoms with van der Waals surface area (Å²) in [5.74, 6) is 0.488. The molecule has 2 aromatic carbocycles. The van der Waals surface area contributed by atoms with Gasteiger partial charge in [-0.25, -0.2) is 0 Å². The van der Waals surface area contributed by atoms with E-state index < -0.39 is 5.92 Å². The Morgan fingerprint density at radius 1 is 1.03 bits per heavy atom. The number of rotatable bonds is 7. The summed E-state index contributed by atoms with van der Waals surface area (Å²) < 4.78 is 27.6. The highest BCUT2D eigenvalue weighted by Crippen LogP contribution is 2.55. The van der Waals surface area contributed by atoms with Crippen molar-refractivity contribution in [3.63, 3.8) is 0 Å². The molecule has 1 saturated heterocycles. The molecule has 0 bridgehead atoms. The third-order valence-electron chi connectivity index (χ3n) is 6.75. The van der Waals surface area contributed by atoms with Crippen molar-refractivity contribution in [1.29, 1.82) is 0 Å². The number of carbonyl (C=O) groups is 1. The number of methoxy groups -OCH3 is 2. The monoisotopic (exact) mass is 457 g/mol. The minimum Gasteiger partial charge on any atom is -0.502 e. The summed E-state index contributed by atoms with van der Waals surface area (Å²) in [4.78, 5) is 13.0. The molecule has 33 heavy (non-hydrogen) atoms. The number of hydrogen-bond donors (Lipinski definition) is 3. The van der Waals surface area contributed by atoms with Gasteiger partial charge in [0.15, 0.2) is 23.0 Å². The summed E-state index contributed by atoms with van der Waals surface area (Å²) in [7, 11) is 2.94. The highest BCUT2D eigenvalue weighted by atomic mass is 16.7. The van der Waals surface area contributed by atoms with Crippen LogP contribution in [0.15, 0.2) is 24.3 Å². The van der Waals surface area contributed by atoms with Crippen LogP contribution in [0, 0.1) is 11.8 Å². The number of benzene rings is 2. The molecule has 4 atom stereocenters. The lowest BCUT2D eigenvalue weighted by Gasteiger charge is -2.39. The molecular formula is C24H27NO8. The molecule has 1 fully saturated rings. The van der Waals surface area contributed by atoms with Gasteiger partial charge in [-0.1, -0.05) is 0 Å². The molecule has 1 aliphatic carbocycles. The number of fused-ring (bicyclic) bond motifs is 3. The number of cyclic esters (lactones) is 1. The quantitative estimate of drug-likeness (QED) is 0.425. The second-order valence-electron chi connectivity index (χ2n) is 8.41. The number of phenolic OH excluding ortho intramolecular Hbond substituents is 1. The Hall–Kier alpha value is -3.17. The minimum absolute atomic E-state index is 0.0764. The Kier molecular flexibility index (Phi) is 5.67. The highest BCUT2D eigenvalue weighted by molar-refractivity contribution is 5.79. The normalized spacial score (nSPS) is 24.8. The first-order valence-corrected chi connectivity index (χ1v) is 11.0. The van der Waals surface area contributed by atoms with Crippen molar-refractivity contribution in [1.82, 2.24) is 5.32 Å². The van der Waals surface area contributed by atoms with Gasteiger partial charge < -0.3 is 39.2 Å². The number of nitrogens with one attached hydrogen (secondary N) is 1. The van der Waals surface area contributed by atoms with Crippen LogP contribution in [0.2, 0.25) is 0 Å². The lowest BCUT2D eigenvalue weighted by Crippen LogP contribution is -2.41. The Morgan fingerprint density at radius 3 is 2.33 bits per heavy atom. The van der Waals surface area contributed by atoms with Crippen LogP contribution in [0.3, 0.4) is 0 Å². The number of aliphatic hydroxyl groups excluding tert-OH is 1. The van der Waals surface area contributed by atoms with E-state index in [1.165, 1.54) is 14.2 Å². The van der Waals surface area contributed by atoms with Crippen molar-refractivity contribution in [3.05, 3.63) is 41.0 Å². The van der Waals surface area contributed by atoms with Gasteiger partial charge in [0.2, 0.25) is 12.5 Å². The summed E-state index contributed by atoms with van der Waals surface area (Å²) >= 11 is 0. The zero-order valence-electron chi connectivity index (χ0n) is 18.5. The SMILES string of the molecule is COc1cc([C@@H]2c3cc4c(cc3[C@@H](NCCCO)[C@H]3COC(=O)[C@H]23)OCO4)cc(OC)c1O. The van der Waals surface area contributed by atoms with Crippen LogP contribution in [0.5, 0.6) is 28.7 Å². The lowest BCUT2D eigenvalue weighted by atomic mass is 9.65. The van der Waals surface area contributed by atoms with Crippen LogP contribution < -0.4 is 24.3 Å². The third-order valence-corrected chi connectivity index (χ3v) is 6.75. The van der Waals surface area contributed by atoms with Crippen LogP contribution in [0.4, 0.5) is 0 Å². The van der Waals surface area contributed by atoms with Crippen LogP contribution in [-0.2, 0) is 9.53 Å². The molecule has 0 saturated carbocycles. The van der Waals surface area contributed by atoms with Crippen LogP contribution in [0.1, 0.15) is 35.1 Å². The molecule has 2 aliphatic heterocycles. The predicted molar refractivity (Wildman–Crippen MR) is 116 cm³/mol. The van der Waals surface area contributed by atoms with Gasteiger partial charge >= 0.3 is 5.97 Å². The molecule has 3 N–H and O–H groups in total. The van der Waals surface area contributed by atoms with Crippen molar-refractivity contribution in [2.45, 2.75) is 18.4 Å². The second-order valence-corrected chi connectivity index (χ2v) is 8.41. The van der Waals surface area contributed by atoms with E-state index in [9.17, 15) is 15.0 Å². The molecule has 9 heteroatoms. The molecular weight excluding hydrogens is 430 g/mol. The number of phenols is 1. The van der Waals surface area contributed by atoms with Crippen molar-refractivity contribution >= 4 is 5.97 Å². The van der Waals surface area contributed by atoms with Gasteiger partial charge in [0, 0.05) is 24.5 Å². The number of esters is 1. The number of hydrogen-bond acceptors (Lipinski definition) is 9. The fourth-order valence-corrected chi connectivity index (χ4v) is 5.25. The van der Waals surface area contributed by atoms with E-state index in [0.717, 1.165) is 16.7 Å². The first-order valence-electron chi connectivity index (χ1n) is 11.0. The van der Waals surface area contributed by atoms with Gasteiger partial charge in [0.25, 0.3) is 0 Å². The van der Waals surface area contributed by atoms with E-state index in [0.29, 0.717) is 24.5 Å². The Balaban J connectivity index is 1.69. The van der Waals surface area contributed by atoms with Crippen molar-refractivity contribution in [2.75, 3.05) is 40.8 Å². The maximum Gasteiger partial charge on any atom is 0.310 e. The van der Waals surface area contributed by atoms with E-state index in [4.69, 9.17) is 23.7 Å². The van der Waals surface area contributed by atoms with Gasteiger partial charge in [0.1, 0.15) is 0 Å². The topological polar surface area (TPSA) is 116 Å². The fourth-order valence-electron chi connectivity index (χ4n) is 5.25. The standard InChI is InChI=1S/C24H27NO8/c1-29-18-6-12(7-19(30-2)23(18)27)20-13-8-16-17(33-11-32-16)9-14(13)22(25-4-3-5-26)15-10-31-24(28)21(15)20/h6-9,15,20-22,25-27H,3-5,10-11H2,1-2H3/t15-,20+,21-,22+/m0/s1. The lowest BCUT2D eigenvalue weighted by molar-refractivity contribution is -0.141. The van der Waals surface area contributed by atoms with Gasteiger partial charge in [-0.05, 0) is 53.9 Å². The maximum absolute atomic E-state index is 13.0. The Morgan fingerprint density at radius 2 is 1.70 bits per heavy atom. The maximum atomic E-state index is 13.0. The van der Waals surface area contributed by atoms with E-state index in [2.05, 4.69) is 5.32 Å². The Bertz CT molecular complexity index is 1050. The number of ether oxygens (including phenoxy) is 5. The van der Waals surface area contributed by atoms with Gasteiger partial charge in [-0.2, -0.15) is 0 Å². The summed E-state index contributed by atoms with van der Waals surface area (Å²) in [6.07, 6.45) is 0.596. The largest absolute Gasteiger partial charge is 0.502 e. The smallest absolute Gasteiger partial charge is 0.310 e. The molecule has 3 aliphatic rings. The van der Waals surface area contributed by atoms with Crippen LogP contribution in [0.25, 0.3) is 0 Å². The van der Waals surface area contributed by atoms with Crippen molar-refractivity contribution in [3.8, 4) is 28.7 Å². The average molecular weight is 457 g/mol. The minimum atomic E-state index is -0.455. The molecule has 0 aromatic heterocycles. The Labute approximate surface area is 191 Å². The third kappa shape index (κ3) is 3.52. The van der Waals surface area contributed by atoms with Crippen molar-refractivity contribution < 1.29 is 38.7 Å². The molecule has 0 unspecified atom stereocenters. The summed E-state index contributed by atoms with van der Waals surface area (Å²) in [6, 6.07) is 7.21. The molecule has 0 amide bonds. The first-order chi connectivity index (χ1) is 16.1. The van der Waals surface area contributed by atoms with Gasteiger partial charge in [-0.3, -0.25) is 4.79 Å². The summed E-state index contributed by atoms with van der Waals surface area (Å²) in [5.41, 5.74) is 2.67. The van der Waals surface area contributed by atoms with Gasteiger partial charge in [-0.15, -0.1) is 0 Å². The van der Waals surface area contributed by atoms with E-state index in [1.807, 2.05) is 12.1 Å². The summed E-state index contributed by atoms with van der Waals surface area (Å²) in [6.45, 7) is 1.10. The summed E-state index contributed by atoms with van der Waals surface area (Å²) in [5, 5.41) is 23.2. The second kappa shape index (κ2) is 8.64. The molecule has 2 heterocycles. The van der Waals surface area contributed by atoms with E-state index >= 15 is 0 Å². The number of aliphatic hydroxyl groups is 1. The highest BCUT2D eigenvalue weighted by Gasteiger charge is 2.52. The average Bonchev–Trinajstić information content (AvgIpc) is 3.44. The zero-order valence-corrected chi connectivity index (χ0v) is 18.5. The molecule has 0 spiro atoms. The fraction of sp³-hybridized carbons (Fsp3) is 0.458. The van der Waals surface area contributed by atoms with E-state index in [-0.39, 0.29) is 61.1 Å². The van der Waals surface area contributed by atoms with E-state index in [1.54, 1.807) is 12.1 Å². The van der Waals surface area contributed by atoms with Crippen LogP contribution >= 0.6 is 0 Å². The zero-order chi connectivity index (χ0) is 23.1. The molecule has 2 aromatic rings. The number of aromatic hydroxyl groups is 1. The molecule has 9 nitrogen and oxygen atoms in total. The van der Waals surface area contributed by atoms with Gasteiger partial charge in [0.05, 0.1) is 26.7 Å². The molecule has 176 valence electrons. The number of carbonyl (C=O) groups excluding carboxylic acids is 1. The van der Waals surface area contributed by atoms with Crippen LogP contribution in [-0.4, -0.2) is 57.0 Å². The predicted octanol–water partition coefficient (Wildman–Crippen LogP) is 2.09. The molecule has 0 radical (unpaired) electrons.